The fourth-order valence-electron chi connectivity index (χ4n) is 4.48. The minimum atomic E-state index is -1.10. The molecule has 4 aromatic carbocycles. The normalized spacial score (nSPS) is 12.2. The van der Waals surface area contributed by atoms with Gasteiger partial charge < -0.3 is 14.2 Å². The molecule has 0 saturated heterocycles. The lowest BCUT2D eigenvalue weighted by Gasteiger charge is -2.22. The number of hydrogen-bond donors (Lipinski definition) is 0. The van der Waals surface area contributed by atoms with E-state index in [1.165, 1.54) is 0 Å². The predicted molar refractivity (Wildman–Crippen MR) is 161 cm³/mol. The summed E-state index contributed by atoms with van der Waals surface area (Å²) in [6, 6.07) is 33.1. The molecule has 0 bridgehead atoms. The number of aryl methyl sites for hydroxylation is 1. The highest BCUT2D eigenvalue weighted by atomic mass is 35.5. The standard InChI is InChI=1S/C35H32ClNO5/c1-24(2)34(27-14-16-29(36)17-15-27)35(39)42-32(22-37)28-9-6-10-31(21-28)41-30-18-11-25(12-19-30)13-20-33(38)40-23-26-7-4-3-5-8-26/h3-12,14-19,21,24,32,34H,13,20,23H2,1-2H3. The van der Waals surface area contributed by atoms with Gasteiger partial charge in [-0.2, -0.15) is 5.26 Å². The fourth-order valence-corrected chi connectivity index (χ4v) is 4.61. The molecular formula is C35H32ClNO5. The Morgan fingerprint density at radius 3 is 2.19 bits per heavy atom. The Kier molecular flexibility index (Phi) is 10.7. The van der Waals surface area contributed by atoms with Crippen LogP contribution in [0.4, 0.5) is 0 Å². The maximum atomic E-state index is 13.2. The Hall–Kier alpha value is -4.60. The second-order valence-corrected chi connectivity index (χ2v) is 10.6. The van der Waals surface area contributed by atoms with Crippen LogP contribution in [0, 0.1) is 17.2 Å². The first-order valence-electron chi connectivity index (χ1n) is 13.7. The van der Waals surface area contributed by atoms with Gasteiger partial charge in [-0.3, -0.25) is 9.59 Å². The zero-order valence-electron chi connectivity index (χ0n) is 23.5. The van der Waals surface area contributed by atoms with Gasteiger partial charge in [-0.25, -0.2) is 0 Å². The van der Waals surface area contributed by atoms with E-state index in [2.05, 4.69) is 6.07 Å². The van der Waals surface area contributed by atoms with Crippen molar-refractivity contribution in [2.75, 3.05) is 0 Å². The summed E-state index contributed by atoms with van der Waals surface area (Å²) in [4.78, 5) is 25.3. The minimum absolute atomic E-state index is 0.0457. The molecule has 0 aliphatic heterocycles. The van der Waals surface area contributed by atoms with Crippen LogP contribution in [0.25, 0.3) is 0 Å². The highest BCUT2D eigenvalue weighted by Crippen LogP contribution is 2.31. The molecule has 0 fully saturated rings. The van der Waals surface area contributed by atoms with Crippen LogP contribution >= 0.6 is 11.6 Å². The molecule has 4 rings (SSSR count). The molecule has 0 amide bonds. The van der Waals surface area contributed by atoms with Gasteiger partial charge in [0.1, 0.15) is 24.2 Å². The second kappa shape index (κ2) is 14.9. The van der Waals surface area contributed by atoms with Crippen molar-refractivity contribution >= 4 is 23.5 Å². The quantitative estimate of drug-likeness (QED) is 0.156. The first-order valence-corrected chi connectivity index (χ1v) is 14.1. The number of benzene rings is 4. The summed E-state index contributed by atoms with van der Waals surface area (Å²) in [6.07, 6.45) is -0.274. The lowest BCUT2D eigenvalue weighted by molar-refractivity contribution is -0.150. The number of nitriles is 1. The summed E-state index contributed by atoms with van der Waals surface area (Å²) in [6.45, 7) is 4.12. The topological polar surface area (TPSA) is 85.6 Å². The average Bonchev–Trinajstić information content (AvgIpc) is 3.00. The summed E-state index contributed by atoms with van der Waals surface area (Å²) in [7, 11) is 0. The lowest BCUT2D eigenvalue weighted by atomic mass is 9.88. The van der Waals surface area contributed by atoms with E-state index in [0.717, 1.165) is 16.7 Å². The molecular weight excluding hydrogens is 550 g/mol. The zero-order valence-corrected chi connectivity index (χ0v) is 24.3. The van der Waals surface area contributed by atoms with Crippen LogP contribution in [0.2, 0.25) is 5.02 Å². The number of carbonyl (C=O) groups is 2. The van der Waals surface area contributed by atoms with Crippen molar-refractivity contribution < 1.29 is 23.8 Å². The van der Waals surface area contributed by atoms with E-state index in [-0.39, 0.29) is 24.9 Å². The molecule has 6 nitrogen and oxygen atoms in total. The molecule has 214 valence electrons. The van der Waals surface area contributed by atoms with Crippen LogP contribution in [0.15, 0.2) is 103 Å². The SMILES string of the molecule is CC(C)C(C(=O)OC(C#N)c1cccc(Oc2ccc(CCC(=O)OCc3ccccc3)cc2)c1)c1ccc(Cl)cc1. The summed E-state index contributed by atoms with van der Waals surface area (Å²) in [5, 5.41) is 10.4. The van der Waals surface area contributed by atoms with E-state index in [1.54, 1.807) is 48.5 Å². The molecule has 0 spiro atoms. The predicted octanol–water partition coefficient (Wildman–Crippen LogP) is 8.36. The zero-order chi connectivity index (χ0) is 29.9. The Balaban J connectivity index is 1.33. The van der Waals surface area contributed by atoms with Gasteiger partial charge in [-0.1, -0.05) is 92.2 Å². The lowest BCUT2D eigenvalue weighted by Crippen LogP contribution is -2.22. The van der Waals surface area contributed by atoms with E-state index < -0.39 is 18.0 Å². The largest absolute Gasteiger partial charge is 0.461 e. The van der Waals surface area contributed by atoms with Crippen molar-refractivity contribution in [3.63, 3.8) is 0 Å². The number of esters is 2. The van der Waals surface area contributed by atoms with Crippen LogP contribution in [-0.2, 0) is 32.1 Å². The molecule has 42 heavy (non-hydrogen) atoms. The molecule has 7 heteroatoms. The average molecular weight is 582 g/mol. The monoisotopic (exact) mass is 581 g/mol. The van der Waals surface area contributed by atoms with Gasteiger partial charge in [0.2, 0.25) is 6.10 Å². The van der Waals surface area contributed by atoms with Gasteiger partial charge in [0.05, 0.1) is 5.92 Å². The molecule has 0 heterocycles. The molecule has 0 aromatic heterocycles. The first kappa shape index (κ1) is 30.4. The Morgan fingerprint density at radius 1 is 0.810 bits per heavy atom. The third-order valence-electron chi connectivity index (χ3n) is 6.68. The maximum Gasteiger partial charge on any atom is 0.315 e. The molecule has 0 saturated carbocycles. The van der Waals surface area contributed by atoms with Gasteiger partial charge in [0, 0.05) is 17.0 Å². The van der Waals surface area contributed by atoms with E-state index in [1.807, 2.05) is 68.4 Å². The number of nitrogens with zero attached hydrogens (tertiary/aromatic N) is 1. The Labute approximate surface area is 251 Å². The van der Waals surface area contributed by atoms with Crippen LogP contribution in [0.5, 0.6) is 11.5 Å². The number of ether oxygens (including phenoxy) is 3. The summed E-state index contributed by atoms with van der Waals surface area (Å²) < 4.78 is 17.0. The van der Waals surface area contributed by atoms with Gasteiger partial charge in [-0.05, 0) is 65.4 Å². The van der Waals surface area contributed by atoms with Gasteiger partial charge in [-0.15, -0.1) is 0 Å². The molecule has 0 N–H and O–H groups in total. The number of hydrogen-bond acceptors (Lipinski definition) is 6. The van der Waals surface area contributed by atoms with Gasteiger partial charge in [0.25, 0.3) is 0 Å². The molecule has 2 atom stereocenters. The van der Waals surface area contributed by atoms with Gasteiger partial charge >= 0.3 is 11.9 Å². The molecule has 0 aliphatic carbocycles. The molecule has 4 aromatic rings. The number of halogens is 1. The van der Waals surface area contributed by atoms with E-state index in [0.29, 0.717) is 28.5 Å². The highest BCUT2D eigenvalue weighted by Gasteiger charge is 2.29. The second-order valence-electron chi connectivity index (χ2n) is 10.2. The number of rotatable bonds is 12. The van der Waals surface area contributed by atoms with Crippen molar-refractivity contribution in [3.8, 4) is 17.6 Å². The molecule has 0 radical (unpaired) electrons. The van der Waals surface area contributed by atoms with Crippen LogP contribution in [-0.4, -0.2) is 11.9 Å². The molecule has 2 unspecified atom stereocenters. The summed E-state index contributed by atoms with van der Waals surface area (Å²) in [5.41, 5.74) is 3.21. The van der Waals surface area contributed by atoms with Crippen molar-refractivity contribution in [2.45, 2.75) is 45.3 Å². The van der Waals surface area contributed by atoms with Crippen molar-refractivity contribution in [1.29, 1.82) is 5.26 Å². The minimum Gasteiger partial charge on any atom is -0.461 e. The third-order valence-corrected chi connectivity index (χ3v) is 6.93. The first-order chi connectivity index (χ1) is 20.3. The van der Waals surface area contributed by atoms with E-state index in [9.17, 15) is 14.9 Å². The van der Waals surface area contributed by atoms with Crippen molar-refractivity contribution in [2.24, 2.45) is 5.92 Å². The Bertz CT molecular complexity index is 1510. The Morgan fingerprint density at radius 2 is 1.52 bits per heavy atom. The summed E-state index contributed by atoms with van der Waals surface area (Å²) >= 11 is 6.01. The fraction of sp³-hybridized carbons (Fsp3) is 0.229. The summed E-state index contributed by atoms with van der Waals surface area (Å²) in [5.74, 6) is -0.228. The van der Waals surface area contributed by atoms with Crippen molar-refractivity contribution in [3.05, 3.63) is 130 Å². The van der Waals surface area contributed by atoms with Crippen LogP contribution in [0.3, 0.4) is 0 Å². The third kappa shape index (κ3) is 8.70. The van der Waals surface area contributed by atoms with Gasteiger partial charge in [0.15, 0.2) is 0 Å². The number of carbonyl (C=O) groups excluding carboxylic acids is 2. The van der Waals surface area contributed by atoms with Crippen molar-refractivity contribution in [1.82, 2.24) is 0 Å². The molecule has 0 aliphatic rings. The van der Waals surface area contributed by atoms with E-state index in [4.69, 9.17) is 25.8 Å². The maximum absolute atomic E-state index is 13.2. The van der Waals surface area contributed by atoms with E-state index >= 15 is 0 Å². The van der Waals surface area contributed by atoms with Crippen LogP contribution in [0.1, 0.15) is 54.5 Å². The van der Waals surface area contributed by atoms with Crippen LogP contribution < -0.4 is 4.74 Å². The smallest absolute Gasteiger partial charge is 0.315 e. The highest BCUT2D eigenvalue weighted by molar-refractivity contribution is 6.30.